The van der Waals surface area contributed by atoms with Gasteiger partial charge in [0, 0.05) is 16.5 Å². The van der Waals surface area contributed by atoms with Crippen molar-refractivity contribution in [2.24, 2.45) is 5.92 Å². The summed E-state index contributed by atoms with van der Waals surface area (Å²) in [5, 5.41) is 10.4. The quantitative estimate of drug-likeness (QED) is 0.934. The molecule has 0 saturated carbocycles. The van der Waals surface area contributed by atoms with Crippen molar-refractivity contribution in [3.63, 3.8) is 0 Å². The van der Waals surface area contributed by atoms with Crippen molar-refractivity contribution in [1.29, 1.82) is 5.26 Å². The van der Waals surface area contributed by atoms with Crippen LogP contribution in [0.4, 0.5) is 0 Å². The summed E-state index contributed by atoms with van der Waals surface area (Å²) in [4.78, 5) is 15.4. The number of ether oxygens (including phenoxy) is 2. The van der Waals surface area contributed by atoms with E-state index in [4.69, 9.17) is 9.47 Å². The highest BCUT2D eigenvalue weighted by atomic mass is 32.2. The maximum Gasteiger partial charge on any atom is 0.305 e. The number of hydrogen-bond acceptors (Lipinski definition) is 6. The van der Waals surface area contributed by atoms with E-state index in [0.29, 0.717) is 17.3 Å². The van der Waals surface area contributed by atoms with Crippen molar-refractivity contribution in [2.75, 3.05) is 20.0 Å². The third kappa shape index (κ3) is 2.49. The largest absolute Gasteiger partial charge is 0.493 e. The zero-order valence-electron chi connectivity index (χ0n) is 12.1. The summed E-state index contributed by atoms with van der Waals surface area (Å²) in [7, 11) is 3.17. The number of rotatable bonds is 3. The number of nitrogens with one attached hydrogen (secondary N) is 1. The molecule has 2 heterocycles. The van der Waals surface area contributed by atoms with Crippen molar-refractivity contribution in [1.82, 2.24) is 4.98 Å². The predicted octanol–water partition coefficient (Wildman–Crippen LogP) is 2.83. The number of nitrogens with zero attached hydrogens (tertiary/aromatic N) is 1. The number of nitriles is 1. The molecule has 1 N–H and O–H groups in total. The van der Waals surface area contributed by atoms with E-state index in [2.05, 4.69) is 11.1 Å². The Balaban J connectivity index is 2.12. The van der Waals surface area contributed by atoms with Gasteiger partial charge in [-0.05, 0) is 17.7 Å². The first-order valence-electron chi connectivity index (χ1n) is 6.65. The van der Waals surface area contributed by atoms with E-state index in [1.54, 1.807) is 14.2 Å². The molecule has 114 valence electrons. The smallest absolute Gasteiger partial charge is 0.305 e. The van der Waals surface area contributed by atoms with Crippen molar-refractivity contribution < 1.29 is 9.47 Å². The van der Waals surface area contributed by atoms with E-state index in [1.807, 2.05) is 18.2 Å². The van der Waals surface area contributed by atoms with Crippen LogP contribution in [0.1, 0.15) is 16.4 Å². The molecule has 1 aliphatic heterocycles. The molecule has 1 aromatic carbocycles. The van der Waals surface area contributed by atoms with Crippen LogP contribution < -0.4 is 14.3 Å². The average molecular weight is 334 g/mol. The van der Waals surface area contributed by atoms with Crippen LogP contribution in [0.25, 0.3) is 0 Å². The third-order valence-electron chi connectivity index (χ3n) is 3.67. The second-order valence-corrected chi connectivity index (χ2v) is 6.89. The summed E-state index contributed by atoms with van der Waals surface area (Å²) in [6.07, 6.45) is 0. The lowest BCUT2D eigenvalue weighted by Gasteiger charge is -2.26. The molecular formula is C15H14N2O3S2. The van der Waals surface area contributed by atoms with Gasteiger partial charge in [-0.2, -0.15) is 5.26 Å². The Morgan fingerprint density at radius 2 is 2.09 bits per heavy atom. The zero-order chi connectivity index (χ0) is 15.7. The van der Waals surface area contributed by atoms with Gasteiger partial charge in [0.25, 0.3) is 0 Å². The fourth-order valence-electron chi connectivity index (χ4n) is 2.63. The first-order chi connectivity index (χ1) is 10.7. The summed E-state index contributed by atoms with van der Waals surface area (Å²) in [5.41, 5.74) is 0.959. The van der Waals surface area contributed by atoms with Crippen LogP contribution in [0.2, 0.25) is 0 Å². The molecule has 0 aliphatic carbocycles. The number of hydrogen-bond donors (Lipinski definition) is 1. The van der Waals surface area contributed by atoms with Crippen molar-refractivity contribution in [2.45, 2.75) is 10.9 Å². The minimum Gasteiger partial charge on any atom is -0.493 e. The SMILES string of the molecule is COc1ccc(C2c3sc(=O)[nH]c3SCC2C#N)cc1OC. The van der Waals surface area contributed by atoms with Crippen molar-refractivity contribution in [3.8, 4) is 17.6 Å². The Labute approximate surface area is 135 Å². The highest BCUT2D eigenvalue weighted by molar-refractivity contribution is 7.99. The summed E-state index contributed by atoms with van der Waals surface area (Å²) < 4.78 is 10.6. The number of thioether (sulfide) groups is 1. The molecule has 3 rings (SSSR count). The molecule has 0 bridgehead atoms. The zero-order valence-corrected chi connectivity index (χ0v) is 13.7. The number of aromatic nitrogens is 1. The summed E-state index contributed by atoms with van der Waals surface area (Å²) in [6.45, 7) is 0. The Bertz CT molecular complexity index is 791. The van der Waals surface area contributed by atoms with Crippen LogP contribution >= 0.6 is 23.1 Å². The molecule has 0 amide bonds. The van der Waals surface area contributed by atoms with E-state index >= 15 is 0 Å². The Hall–Kier alpha value is -1.91. The van der Waals surface area contributed by atoms with Gasteiger partial charge in [-0.3, -0.25) is 4.79 Å². The first kappa shape index (κ1) is 15.0. The number of H-pyrrole nitrogens is 1. The van der Waals surface area contributed by atoms with Gasteiger partial charge in [0.1, 0.15) is 0 Å². The fraction of sp³-hybridized carbons (Fsp3) is 0.333. The van der Waals surface area contributed by atoms with Gasteiger partial charge in [-0.15, -0.1) is 11.8 Å². The summed E-state index contributed by atoms with van der Waals surface area (Å²) >= 11 is 2.72. The lowest BCUT2D eigenvalue weighted by molar-refractivity contribution is 0.354. The molecule has 0 spiro atoms. The van der Waals surface area contributed by atoms with Crippen LogP contribution in [0.5, 0.6) is 11.5 Å². The molecule has 5 nitrogen and oxygen atoms in total. The van der Waals surface area contributed by atoms with Gasteiger partial charge < -0.3 is 14.5 Å². The van der Waals surface area contributed by atoms with Crippen LogP contribution in [-0.2, 0) is 0 Å². The fourth-order valence-corrected chi connectivity index (χ4v) is 4.97. The molecule has 2 atom stereocenters. The van der Waals surface area contributed by atoms with Crippen molar-refractivity contribution >= 4 is 23.1 Å². The molecule has 0 radical (unpaired) electrons. The third-order valence-corrected chi connectivity index (χ3v) is 5.90. The number of methoxy groups -OCH3 is 2. The Morgan fingerprint density at radius 1 is 1.32 bits per heavy atom. The second-order valence-electron chi connectivity index (χ2n) is 4.85. The van der Waals surface area contributed by atoms with E-state index in [9.17, 15) is 10.1 Å². The number of aromatic amines is 1. The number of thiazole rings is 1. The standard InChI is InChI=1S/C15H14N2O3S2/c1-19-10-4-3-8(5-11(10)20-2)12-9(6-16)7-21-14-13(12)22-15(18)17-14/h3-5,9,12H,7H2,1-2H3,(H,17,18). The van der Waals surface area contributed by atoms with Gasteiger partial charge >= 0.3 is 4.87 Å². The van der Waals surface area contributed by atoms with Gasteiger partial charge in [0.2, 0.25) is 0 Å². The van der Waals surface area contributed by atoms with E-state index < -0.39 is 0 Å². The lowest BCUT2D eigenvalue weighted by atomic mass is 9.86. The second kappa shape index (κ2) is 6.07. The maximum absolute atomic E-state index is 11.7. The summed E-state index contributed by atoms with van der Waals surface area (Å²) in [6, 6.07) is 8.02. The first-order valence-corrected chi connectivity index (χ1v) is 8.45. The minimum atomic E-state index is -0.179. The molecule has 22 heavy (non-hydrogen) atoms. The molecular weight excluding hydrogens is 320 g/mol. The molecule has 1 aromatic heterocycles. The van der Waals surface area contributed by atoms with Gasteiger partial charge in [-0.1, -0.05) is 17.4 Å². The maximum atomic E-state index is 11.7. The van der Waals surface area contributed by atoms with Crippen LogP contribution in [-0.4, -0.2) is 25.0 Å². The highest BCUT2D eigenvalue weighted by Gasteiger charge is 2.34. The highest BCUT2D eigenvalue weighted by Crippen LogP contribution is 2.46. The number of benzene rings is 1. The molecule has 2 aromatic rings. The molecule has 0 saturated heterocycles. The predicted molar refractivity (Wildman–Crippen MR) is 86.2 cm³/mol. The monoisotopic (exact) mass is 334 g/mol. The Kier molecular flexibility index (Phi) is 4.14. The molecule has 1 aliphatic rings. The average Bonchev–Trinajstić information content (AvgIpc) is 2.93. The van der Waals surface area contributed by atoms with Crippen LogP contribution in [0.15, 0.2) is 28.0 Å². The normalized spacial score (nSPS) is 20.0. The number of fused-ring (bicyclic) bond motifs is 1. The molecule has 0 fully saturated rings. The van der Waals surface area contributed by atoms with Crippen LogP contribution in [0, 0.1) is 17.2 Å². The van der Waals surface area contributed by atoms with Crippen LogP contribution in [0.3, 0.4) is 0 Å². The van der Waals surface area contributed by atoms with E-state index in [-0.39, 0.29) is 16.7 Å². The summed E-state index contributed by atoms with van der Waals surface area (Å²) in [5.74, 6) is 1.63. The van der Waals surface area contributed by atoms with Gasteiger partial charge in [0.15, 0.2) is 11.5 Å². The minimum absolute atomic E-state index is 0.0819. The molecule has 2 unspecified atom stereocenters. The topological polar surface area (TPSA) is 75.1 Å². The van der Waals surface area contributed by atoms with Gasteiger partial charge in [0.05, 0.1) is 31.2 Å². The lowest BCUT2D eigenvalue weighted by Crippen LogP contribution is -2.19. The van der Waals surface area contributed by atoms with E-state index in [1.165, 1.54) is 23.1 Å². The van der Waals surface area contributed by atoms with Crippen molar-refractivity contribution in [3.05, 3.63) is 38.3 Å². The van der Waals surface area contributed by atoms with Gasteiger partial charge in [-0.25, -0.2) is 0 Å². The van der Waals surface area contributed by atoms with E-state index in [0.717, 1.165) is 15.5 Å². The Morgan fingerprint density at radius 3 is 2.77 bits per heavy atom. The molecule has 7 heteroatoms.